The summed E-state index contributed by atoms with van der Waals surface area (Å²) in [4.78, 5) is 2.70. The molecule has 0 amide bonds. The van der Waals surface area contributed by atoms with Crippen LogP contribution in [0.1, 0.15) is 6.42 Å². The maximum Gasteiger partial charge on any atom is 0.240 e. The van der Waals surface area contributed by atoms with Crippen LogP contribution in [-0.2, 0) is 10.0 Å². The number of hydrogen-bond acceptors (Lipinski definition) is 3. The Kier molecular flexibility index (Phi) is 5.90. The quantitative estimate of drug-likeness (QED) is 0.368. The maximum absolute atomic E-state index is 11.8. The number of rotatable bonds is 6. The molecule has 0 aliphatic rings. The first-order valence-corrected chi connectivity index (χ1v) is 7.58. The van der Waals surface area contributed by atoms with Crippen molar-refractivity contribution in [1.29, 1.82) is 0 Å². The fourth-order valence-corrected chi connectivity index (χ4v) is 2.88. The van der Waals surface area contributed by atoms with E-state index in [1.807, 2.05) is 0 Å². The van der Waals surface area contributed by atoms with Crippen LogP contribution < -0.4 is 4.72 Å². The van der Waals surface area contributed by atoms with Crippen molar-refractivity contribution in [3.63, 3.8) is 0 Å². The summed E-state index contributed by atoms with van der Waals surface area (Å²) in [6.07, 6.45) is 0.443. The van der Waals surface area contributed by atoms with Crippen molar-refractivity contribution in [2.24, 2.45) is 5.11 Å². The van der Waals surface area contributed by atoms with Gasteiger partial charge in [0, 0.05) is 22.5 Å². The number of benzene rings is 1. The Morgan fingerprint density at radius 2 is 2.22 bits per heavy atom. The molecule has 18 heavy (non-hydrogen) atoms. The summed E-state index contributed by atoms with van der Waals surface area (Å²) in [5.74, 6) is 0. The maximum atomic E-state index is 11.8. The van der Waals surface area contributed by atoms with Crippen LogP contribution in [-0.4, -0.2) is 21.5 Å². The van der Waals surface area contributed by atoms with Crippen molar-refractivity contribution in [2.75, 3.05) is 13.1 Å². The van der Waals surface area contributed by atoms with Crippen molar-refractivity contribution in [3.05, 3.63) is 38.1 Å². The average molecular weight is 354 g/mol. The Labute approximate surface area is 118 Å². The third-order valence-electron chi connectivity index (χ3n) is 1.99. The summed E-state index contributed by atoms with van der Waals surface area (Å²) >= 11 is 8.95. The van der Waals surface area contributed by atoms with Crippen molar-refractivity contribution in [2.45, 2.75) is 11.3 Å². The summed E-state index contributed by atoms with van der Waals surface area (Å²) < 4.78 is 26.6. The molecule has 1 N–H and O–H groups in total. The van der Waals surface area contributed by atoms with Crippen molar-refractivity contribution >= 4 is 37.6 Å². The van der Waals surface area contributed by atoms with Gasteiger partial charge in [-0.05, 0) is 46.1 Å². The second kappa shape index (κ2) is 6.96. The van der Waals surface area contributed by atoms with E-state index >= 15 is 0 Å². The predicted molar refractivity (Wildman–Crippen MR) is 73.0 cm³/mol. The summed E-state index contributed by atoms with van der Waals surface area (Å²) in [5, 5.41) is 3.75. The van der Waals surface area contributed by atoms with Gasteiger partial charge in [0.15, 0.2) is 0 Å². The fourth-order valence-electron chi connectivity index (χ4n) is 1.13. The van der Waals surface area contributed by atoms with Gasteiger partial charge in [0.05, 0.1) is 9.92 Å². The lowest BCUT2D eigenvalue weighted by Crippen LogP contribution is -2.25. The molecule has 0 atom stereocenters. The standard InChI is InChI=1S/C9H10BrClN4O2S/c10-8-6-7(2-3-9(8)11)18(16,17)14-5-1-4-13-15-12/h2-3,6,14H,1,4-5H2. The molecule has 0 bridgehead atoms. The molecule has 0 heterocycles. The van der Waals surface area contributed by atoms with Gasteiger partial charge in [-0.15, -0.1) is 0 Å². The van der Waals surface area contributed by atoms with E-state index in [9.17, 15) is 8.42 Å². The molecule has 0 spiro atoms. The number of halogens is 2. The normalized spacial score (nSPS) is 11.0. The van der Waals surface area contributed by atoms with Gasteiger partial charge in [-0.1, -0.05) is 16.7 Å². The van der Waals surface area contributed by atoms with E-state index < -0.39 is 10.0 Å². The predicted octanol–water partition coefficient (Wildman–Crippen LogP) is 3.08. The topological polar surface area (TPSA) is 94.9 Å². The third-order valence-corrected chi connectivity index (χ3v) is 4.66. The second-order valence-corrected chi connectivity index (χ2v) is 6.31. The van der Waals surface area contributed by atoms with Gasteiger partial charge in [0.1, 0.15) is 0 Å². The minimum Gasteiger partial charge on any atom is -0.211 e. The van der Waals surface area contributed by atoms with Crippen molar-refractivity contribution in [3.8, 4) is 0 Å². The highest BCUT2D eigenvalue weighted by Gasteiger charge is 2.14. The van der Waals surface area contributed by atoms with Gasteiger partial charge in [-0.3, -0.25) is 0 Å². The lowest BCUT2D eigenvalue weighted by atomic mass is 10.4. The lowest BCUT2D eigenvalue weighted by Gasteiger charge is -2.06. The molecule has 0 radical (unpaired) electrons. The molecule has 9 heteroatoms. The fraction of sp³-hybridized carbons (Fsp3) is 0.333. The molecule has 0 unspecified atom stereocenters. The Hall–Kier alpha value is -0.790. The molecule has 0 saturated carbocycles. The highest BCUT2D eigenvalue weighted by molar-refractivity contribution is 9.10. The third kappa shape index (κ3) is 4.47. The van der Waals surface area contributed by atoms with E-state index in [4.69, 9.17) is 17.1 Å². The Balaban J connectivity index is 2.68. The molecule has 1 rings (SSSR count). The van der Waals surface area contributed by atoms with E-state index in [0.29, 0.717) is 15.9 Å². The molecule has 6 nitrogen and oxygen atoms in total. The van der Waals surface area contributed by atoms with E-state index in [1.54, 1.807) is 0 Å². The summed E-state index contributed by atoms with van der Waals surface area (Å²) in [7, 11) is -3.56. The summed E-state index contributed by atoms with van der Waals surface area (Å²) in [6.45, 7) is 0.463. The second-order valence-electron chi connectivity index (χ2n) is 3.28. The van der Waals surface area contributed by atoms with Crippen LogP contribution in [0, 0.1) is 0 Å². The van der Waals surface area contributed by atoms with Crippen LogP contribution in [0.25, 0.3) is 10.4 Å². The number of azide groups is 1. The summed E-state index contributed by atoms with van der Waals surface area (Å²) in [6, 6.07) is 4.35. The molecule has 0 saturated heterocycles. The van der Waals surface area contributed by atoms with Gasteiger partial charge in [-0.2, -0.15) is 0 Å². The zero-order valence-electron chi connectivity index (χ0n) is 9.18. The molecule has 1 aromatic carbocycles. The first-order chi connectivity index (χ1) is 8.47. The smallest absolute Gasteiger partial charge is 0.211 e. The average Bonchev–Trinajstić information content (AvgIpc) is 2.32. The van der Waals surface area contributed by atoms with Crippen LogP contribution in [0.2, 0.25) is 5.02 Å². The molecule has 0 aliphatic carbocycles. The van der Waals surface area contributed by atoms with Crippen LogP contribution in [0.3, 0.4) is 0 Å². The molecular weight excluding hydrogens is 344 g/mol. The van der Waals surface area contributed by atoms with E-state index in [0.717, 1.165) is 0 Å². The molecular formula is C9H10BrClN4O2S. The largest absolute Gasteiger partial charge is 0.240 e. The SMILES string of the molecule is [N-]=[N+]=NCCCNS(=O)(=O)c1ccc(Cl)c(Br)c1. The summed E-state index contributed by atoms with van der Waals surface area (Å²) in [5.41, 5.74) is 8.06. The van der Waals surface area contributed by atoms with Gasteiger partial charge in [-0.25, -0.2) is 13.1 Å². The Morgan fingerprint density at radius 1 is 1.50 bits per heavy atom. The number of hydrogen-bond donors (Lipinski definition) is 1. The van der Waals surface area contributed by atoms with Gasteiger partial charge < -0.3 is 0 Å². The van der Waals surface area contributed by atoms with Gasteiger partial charge in [0.25, 0.3) is 0 Å². The first kappa shape index (κ1) is 15.3. The van der Waals surface area contributed by atoms with E-state index in [-0.39, 0.29) is 18.0 Å². The lowest BCUT2D eigenvalue weighted by molar-refractivity contribution is 0.579. The highest BCUT2D eigenvalue weighted by atomic mass is 79.9. The van der Waals surface area contributed by atoms with E-state index in [2.05, 4.69) is 30.7 Å². The van der Waals surface area contributed by atoms with Crippen LogP contribution in [0.15, 0.2) is 32.7 Å². The van der Waals surface area contributed by atoms with E-state index in [1.165, 1.54) is 18.2 Å². The number of nitrogens with zero attached hydrogens (tertiary/aromatic N) is 3. The van der Waals surface area contributed by atoms with Crippen LogP contribution in [0.5, 0.6) is 0 Å². The Morgan fingerprint density at radius 3 is 2.83 bits per heavy atom. The molecule has 1 aromatic rings. The minimum atomic E-state index is -3.56. The van der Waals surface area contributed by atoms with Crippen molar-refractivity contribution < 1.29 is 8.42 Å². The molecule has 0 aliphatic heterocycles. The zero-order chi connectivity index (χ0) is 13.6. The number of nitrogens with one attached hydrogen (secondary N) is 1. The van der Waals surface area contributed by atoms with Crippen LogP contribution in [0.4, 0.5) is 0 Å². The first-order valence-electron chi connectivity index (χ1n) is 4.93. The molecule has 0 fully saturated rings. The van der Waals surface area contributed by atoms with Crippen LogP contribution >= 0.6 is 27.5 Å². The molecule has 0 aromatic heterocycles. The Bertz CT molecular complexity index is 572. The van der Waals surface area contributed by atoms with Crippen molar-refractivity contribution in [1.82, 2.24) is 4.72 Å². The molecule has 98 valence electrons. The van der Waals surface area contributed by atoms with Gasteiger partial charge in [0.2, 0.25) is 10.0 Å². The zero-order valence-corrected chi connectivity index (χ0v) is 12.3. The highest BCUT2D eigenvalue weighted by Crippen LogP contribution is 2.25. The monoisotopic (exact) mass is 352 g/mol. The van der Waals surface area contributed by atoms with Gasteiger partial charge >= 0.3 is 0 Å². The number of sulfonamides is 1. The minimum absolute atomic E-state index is 0.127.